The standard InChI is InChI=1S/C6H11O3/c1-5(7)2-8-3-6-4-9-6/h5-6H,2-4H2,1H3. The minimum Gasteiger partial charge on any atom is -0.376 e. The summed E-state index contributed by atoms with van der Waals surface area (Å²) in [7, 11) is 0. The fourth-order valence-corrected chi connectivity index (χ4v) is 0.530. The minimum atomic E-state index is -0.608. The highest BCUT2D eigenvalue weighted by atomic mass is 16.6. The highest BCUT2D eigenvalue weighted by molar-refractivity contribution is 4.67. The molecule has 0 aliphatic carbocycles. The molecule has 53 valence electrons. The first kappa shape index (κ1) is 6.99. The molecule has 2 unspecified atom stereocenters. The number of hydrogen-bond donors (Lipinski definition) is 0. The van der Waals surface area contributed by atoms with Crippen molar-refractivity contribution in [2.24, 2.45) is 0 Å². The van der Waals surface area contributed by atoms with Crippen LogP contribution in [0.1, 0.15) is 6.92 Å². The molecule has 1 heterocycles. The average Bonchev–Trinajstić information content (AvgIpc) is 2.48. The van der Waals surface area contributed by atoms with Crippen molar-refractivity contribution in [1.29, 1.82) is 0 Å². The smallest absolute Gasteiger partial charge is 0.113 e. The molecule has 1 fully saturated rings. The molecule has 0 spiro atoms. The van der Waals surface area contributed by atoms with Crippen LogP contribution in [0.4, 0.5) is 0 Å². The fraction of sp³-hybridized carbons (Fsp3) is 1.00. The number of hydrogen-bond acceptors (Lipinski definition) is 2. The molecule has 3 heteroatoms. The van der Waals surface area contributed by atoms with Crippen molar-refractivity contribution in [3.63, 3.8) is 0 Å². The van der Waals surface area contributed by atoms with Crippen LogP contribution in [0.25, 0.3) is 0 Å². The van der Waals surface area contributed by atoms with E-state index >= 15 is 0 Å². The molecular formula is C6H11O3. The summed E-state index contributed by atoms with van der Waals surface area (Å²) >= 11 is 0. The molecule has 1 saturated heterocycles. The SMILES string of the molecule is CC([O])COCC1CO1. The molecule has 0 aromatic heterocycles. The minimum absolute atomic E-state index is 0.281. The number of rotatable bonds is 4. The summed E-state index contributed by atoms with van der Waals surface area (Å²) < 4.78 is 9.84. The molecular weight excluding hydrogens is 120 g/mol. The fourth-order valence-electron chi connectivity index (χ4n) is 0.530. The first-order valence-electron chi connectivity index (χ1n) is 3.14. The van der Waals surface area contributed by atoms with Gasteiger partial charge in [0.25, 0.3) is 0 Å². The van der Waals surface area contributed by atoms with Crippen molar-refractivity contribution in [1.82, 2.24) is 0 Å². The maximum absolute atomic E-state index is 10.4. The molecule has 9 heavy (non-hydrogen) atoms. The lowest BCUT2D eigenvalue weighted by Crippen LogP contribution is -2.11. The van der Waals surface area contributed by atoms with Gasteiger partial charge >= 0.3 is 0 Å². The highest BCUT2D eigenvalue weighted by Gasteiger charge is 2.22. The molecule has 0 aromatic carbocycles. The zero-order valence-corrected chi connectivity index (χ0v) is 5.50. The predicted octanol–water partition coefficient (Wildman–Crippen LogP) is 0.221. The quantitative estimate of drug-likeness (QED) is 0.512. The largest absolute Gasteiger partial charge is 0.376 e. The van der Waals surface area contributed by atoms with E-state index in [0.29, 0.717) is 13.2 Å². The Labute approximate surface area is 54.6 Å². The molecule has 0 amide bonds. The summed E-state index contributed by atoms with van der Waals surface area (Å²) in [5, 5.41) is 10.4. The van der Waals surface area contributed by atoms with Gasteiger partial charge in [0.15, 0.2) is 0 Å². The van der Waals surface area contributed by atoms with Crippen LogP contribution in [0.3, 0.4) is 0 Å². The highest BCUT2D eigenvalue weighted by Crippen LogP contribution is 2.08. The summed E-state index contributed by atoms with van der Waals surface area (Å²) in [6, 6.07) is 0. The van der Waals surface area contributed by atoms with Crippen LogP contribution >= 0.6 is 0 Å². The third-order valence-corrected chi connectivity index (χ3v) is 1.06. The van der Waals surface area contributed by atoms with Crippen molar-refractivity contribution in [3.05, 3.63) is 0 Å². The monoisotopic (exact) mass is 131 g/mol. The van der Waals surface area contributed by atoms with Crippen LogP contribution in [-0.2, 0) is 14.6 Å². The van der Waals surface area contributed by atoms with E-state index < -0.39 is 6.10 Å². The summed E-state index contributed by atoms with van der Waals surface area (Å²) in [6.45, 7) is 3.29. The van der Waals surface area contributed by atoms with Gasteiger partial charge in [0.1, 0.15) is 12.2 Å². The van der Waals surface area contributed by atoms with E-state index in [2.05, 4.69) is 0 Å². The third kappa shape index (κ3) is 3.46. The Bertz CT molecular complexity index is 76.4. The van der Waals surface area contributed by atoms with Gasteiger partial charge < -0.3 is 9.47 Å². The Morgan fingerprint density at radius 3 is 3.00 bits per heavy atom. The van der Waals surface area contributed by atoms with E-state index in [1.165, 1.54) is 0 Å². The number of ether oxygens (including phenoxy) is 2. The Morgan fingerprint density at radius 2 is 2.56 bits per heavy atom. The van der Waals surface area contributed by atoms with Crippen molar-refractivity contribution < 1.29 is 14.6 Å². The Kier molecular flexibility index (Phi) is 2.45. The van der Waals surface area contributed by atoms with Gasteiger partial charge in [-0.1, -0.05) is 0 Å². The Hall–Kier alpha value is -0.120. The van der Waals surface area contributed by atoms with Crippen LogP contribution < -0.4 is 0 Å². The van der Waals surface area contributed by atoms with Crippen LogP contribution in [0.5, 0.6) is 0 Å². The molecule has 0 bridgehead atoms. The van der Waals surface area contributed by atoms with Crippen molar-refractivity contribution >= 4 is 0 Å². The second-order valence-electron chi connectivity index (χ2n) is 2.30. The molecule has 0 N–H and O–H groups in total. The molecule has 1 aliphatic rings. The maximum Gasteiger partial charge on any atom is 0.113 e. The second-order valence-corrected chi connectivity index (χ2v) is 2.30. The first-order chi connectivity index (χ1) is 4.29. The van der Waals surface area contributed by atoms with Gasteiger partial charge in [0.2, 0.25) is 0 Å². The van der Waals surface area contributed by atoms with Crippen LogP contribution in [0.15, 0.2) is 0 Å². The van der Waals surface area contributed by atoms with Crippen LogP contribution in [-0.4, -0.2) is 32.0 Å². The molecule has 1 aliphatic heterocycles. The van der Waals surface area contributed by atoms with Gasteiger partial charge in [-0.05, 0) is 6.92 Å². The third-order valence-electron chi connectivity index (χ3n) is 1.06. The van der Waals surface area contributed by atoms with E-state index in [4.69, 9.17) is 9.47 Å². The topological polar surface area (TPSA) is 41.7 Å². The molecule has 0 saturated carbocycles. The van der Waals surface area contributed by atoms with Gasteiger partial charge in [-0.15, -0.1) is 0 Å². The zero-order chi connectivity index (χ0) is 6.69. The van der Waals surface area contributed by atoms with E-state index in [9.17, 15) is 5.11 Å². The van der Waals surface area contributed by atoms with Crippen LogP contribution in [0, 0.1) is 0 Å². The van der Waals surface area contributed by atoms with Gasteiger partial charge in [0.05, 0.1) is 19.8 Å². The lowest BCUT2D eigenvalue weighted by Gasteiger charge is -2.00. The van der Waals surface area contributed by atoms with Crippen molar-refractivity contribution in [2.75, 3.05) is 19.8 Å². The van der Waals surface area contributed by atoms with E-state index in [1.807, 2.05) is 0 Å². The second kappa shape index (κ2) is 3.15. The van der Waals surface area contributed by atoms with Crippen molar-refractivity contribution in [3.8, 4) is 0 Å². The van der Waals surface area contributed by atoms with Gasteiger partial charge in [-0.25, -0.2) is 5.11 Å². The van der Waals surface area contributed by atoms with Crippen LogP contribution in [0.2, 0.25) is 0 Å². The van der Waals surface area contributed by atoms with Gasteiger partial charge in [0, 0.05) is 0 Å². The van der Waals surface area contributed by atoms with E-state index in [1.54, 1.807) is 6.92 Å². The van der Waals surface area contributed by atoms with E-state index in [-0.39, 0.29) is 6.10 Å². The Balaban J connectivity index is 1.81. The van der Waals surface area contributed by atoms with Crippen molar-refractivity contribution in [2.45, 2.75) is 19.1 Å². The Morgan fingerprint density at radius 1 is 1.89 bits per heavy atom. The lowest BCUT2D eigenvalue weighted by atomic mass is 10.4. The summed E-state index contributed by atoms with van der Waals surface area (Å²) in [5.74, 6) is 0. The first-order valence-corrected chi connectivity index (χ1v) is 3.14. The van der Waals surface area contributed by atoms with Gasteiger partial charge in [-0.2, -0.15) is 0 Å². The van der Waals surface area contributed by atoms with E-state index in [0.717, 1.165) is 6.61 Å². The molecule has 1 rings (SSSR count). The number of epoxide rings is 1. The zero-order valence-electron chi connectivity index (χ0n) is 5.50. The molecule has 0 aromatic rings. The summed E-state index contributed by atoms with van der Waals surface area (Å²) in [5.41, 5.74) is 0. The normalized spacial score (nSPS) is 28.0. The van der Waals surface area contributed by atoms with Gasteiger partial charge in [-0.3, -0.25) is 0 Å². The molecule has 3 nitrogen and oxygen atoms in total. The molecule has 2 atom stereocenters. The average molecular weight is 131 g/mol. The maximum atomic E-state index is 10.4. The predicted molar refractivity (Wildman–Crippen MR) is 30.7 cm³/mol. The summed E-state index contributed by atoms with van der Waals surface area (Å²) in [6.07, 6.45) is -0.326. The summed E-state index contributed by atoms with van der Waals surface area (Å²) in [4.78, 5) is 0. The lowest BCUT2D eigenvalue weighted by molar-refractivity contribution is 0.00339. The molecule has 1 radical (unpaired) electrons.